The highest BCUT2D eigenvalue weighted by Gasteiger charge is 2.25. The molecule has 5 rings (SSSR count). The zero-order valence-electron chi connectivity index (χ0n) is 20.1. The summed E-state index contributed by atoms with van der Waals surface area (Å²) in [5.41, 5.74) is 3.65. The van der Waals surface area contributed by atoms with Crippen LogP contribution in [0, 0.1) is 0 Å². The Balaban J connectivity index is 1.23. The molecule has 0 unspecified atom stereocenters. The number of nitrogens with one attached hydrogen (secondary N) is 4. The molecule has 4 aromatic rings. The zero-order chi connectivity index (χ0) is 25.8. The van der Waals surface area contributed by atoms with Gasteiger partial charge in [-0.3, -0.25) is 9.59 Å². The number of aromatic nitrogens is 4. The van der Waals surface area contributed by atoms with Crippen molar-refractivity contribution in [2.24, 2.45) is 0 Å². The monoisotopic (exact) mass is 516 g/mol. The summed E-state index contributed by atoms with van der Waals surface area (Å²) in [7, 11) is 0. The smallest absolute Gasteiger partial charge is 0.251 e. The highest BCUT2D eigenvalue weighted by molar-refractivity contribution is 6.33. The molecule has 2 amide bonds. The van der Waals surface area contributed by atoms with Crippen molar-refractivity contribution in [1.29, 1.82) is 0 Å². The van der Waals surface area contributed by atoms with Gasteiger partial charge in [-0.05, 0) is 62.1 Å². The predicted molar refractivity (Wildman–Crippen MR) is 142 cm³/mol. The number of amides is 2. The minimum Gasteiger partial charge on any atom is -0.351 e. The van der Waals surface area contributed by atoms with E-state index in [9.17, 15) is 9.59 Å². The second-order valence-electron chi connectivity index (χ2n) is 8.98. The molecular formula is C27H27ClN7O2+. The van der Waals surface area contributed by atoms with Crippen LogP contribution in [0.2, 0.25) is 5.02 Å². The molecule has 0 aliphatic heterocycles. The van der Waals surface area contributed by atoms with Crippen molar-refractivity contribution in [3.8, 4) is 11.3 Å². The van der Waals surface area contributed by atoms with Gasteiger partial charge in [0.2, 0.25) is 23.6 Å². The summed E-state index contributed by atoms with van der Waals surface area (Å²) in [6.07, 6.45) is 10.2. The Bertz CT molecular complexity index is 1450. The van der Waals surface area contributed by atoms with Crippen LogP contribution in [0.3, 0.4) is 0 Å². The fourth-order valence-corrected chi connectivity index (χ4v) is 4.79. The van der Waals surface area contributed by atoms with E-state index in [1.807, 2.05) is 35.1 Å². The molecule has 9 nitrogen and oxygen atoms in total. The summed E-state index contributed by atoms with van der Waals surface area (Å²) in [6, 6.07) is 12.8. The fraction of sp³-hybridized carbons (Fsp3) is 0.222. The van der Waals surface area contributed by atoms with Crippen LogP contribution in [0.25, 0.3) is 16.8 Å². The number of aromatic amines is 1. The number of carbonyl (C=O) groups excluding carboxylic acids is 2. The number of halogens is 1. The van der Waals surface area contributed by atoms with E-state index in [2.05, 4.69) is 32.6 Å². The second kappa shape index (κ2) is 10.8. The summed E-state index contributed by atoms with van der Waals surface area (Å²) in [5, 5.41) is 12.9. The lowest BCUT2D eigenvalue weighted by molar-refractivity contribution is -0.576. The molecule has 0 radical (unpaired) electrons. The highest BCUT2D eigenvalue weighted by Crippen LogP contribution is 2.29. The number of hydrogen-bond donors (Lipinski definition) is 4. The van der Waals surface area contributed by atoms with Crippen molar-refractivity contribution < 1.29 is 14.1 Å². The Morgan fingerprint density at radius 3 is 2.76 bits per heavy atom. The van der Waals surface area contributed by atoms with Gasteiger partial charge in [-0.1, -0.05) is 22.7 Å². The average Bonchev–Trinajstić information content (AvgIpc) is 3.34. The van der Waals surface area contributed by atoms with Crippen LogP contribution in [0.5, 0.6) is 0 Å². The van der Waals surface area contributed by atoms with Gasteiger partial charge in [-0.2, -0.15) is 5.10 Å². The minimum atomic E-state index is -0.296. The van der Waals surface area contributed by atoms with E-state index >= 15 is 0 Å². The van der Waals surface area contributed by atoms with Crippen molar-refractivity contribution in [2.45, 2.75) is 37.8 Å². The van der Waals surface area contributed by atoms with E-state index in [1.165, 1.54) is 6.08 Å². The van der Waals surface area contributed by atoms with Crippen LogP contribution in [0.4, 0.5) is 11.6 Å². The number of pyridine rings is 1. The molecule has 2 atom stereocenters. The van der Waals surface area contributed by atoms with Gasteiger partial charge in [0.15, 0.2) is 0 Å². The molecule has 3 heterocycles. The van der Waals surface area contributed by atoms with E-state index in [0.29, 0.717) is 27.9 Å². The second-order valence-corrected chi connectivity index (χ2v) is 9.39. The molecule has 3 aromatic heterocycles. The van der Waals surface area contributed by atoms with E-state index in [-0.39, 0.29) is 23.9 Å². The Labute approximate surface area is 219 Å². The van der Waals surface area contributed by atoms with Crippen molar-refractivity contribution in [3.63, 3.8) is 0 Å². The Morgan fingerprint density at radius 2 is 1.95 bits per heavy atom. The summed E-state index contributed by atoms with van der Waals surface area (Å²) < 4.78 is 1.90. The lowest BCUT2D eigenvalue weighted by Crippen LogP contribution is -2.42. The minimum absolute atomic E-state index is 0.0238. The lowest BCUT2D eigenvalue weighted by atomic mass is 9.91. The van der Waals surface area contributed by atoms with Gasteiger partial charge >= 0.3 is 0 Å². The van der Waals surface area contributed by atoms with Crippen LogP contribution < -0.4 is 20.5 Å². The first-order valence-electron chi connectivity index (χ1n) is 12.1. The molecule has 4 N–H and O–H groups in total. The number of nitrogens with zero attached hydrogens (tertiary/aromatic N) is 3. The predicted octanol–water partition coefficient (Wildman–Crippen LogP) is 4.14. The highest BCUT2D eigenvalue weighted by atomic mass is 35.5. The van der Waals surface area contributed by atoms with Gasteiger partial charge in [0, 0.05) is 35.5 Å². The quantitative estimate of drug-likeness (QED) is 0.218. The Kier molecular flexibility index (Phi) is 7.14. The maximum absolute atomic E-state index is 12.8. The largest absolute Gasteiger partial charge is 0.351 e. The fourth-order valence-electron chi connectivity index (χ4n) is 4.60. The molecule has 1 aliphatic carbocycles. The van der Waals surface area contributed by atoms with Gasteiger partial charge in [-0.15, -0.1) is 0 Å². The standard InChI is InChI=1S/C27H26ClN7O2/c1-2-24(36)31-18-11-9-17(10-12-18)26(37)32-19-6-5-7-20(14-19)33-27-29-16-22(28)25(34-27)21-15-30-35-13-4-3-8-23(21)35/h2-4,8-13,15-16,19-20H,1,5-7,14H2,(H3,29,31,32,33,34,36,37)/p+1/t19-,20+/m0/s1. The molecule has 1 saturated carbocycles. The van der Waals surface area contributed by atoms with Gasteiger partial charge < -0.3 is 16.0 Å². The molecule has 37 heavy (non-hydrogen) atoms. The van der Waals surface area contributed by atoms with Gasteiger partial charge in [0.25, 0.3) is 5.91 Å². The molecule has 1 aliphatic rings. The van der Waals surface area contributed by atoms with Crippen LogP contribution in [-0.4, -0.2) is 39.0 Å². The third kappa shape index (κ3) is 5.62. The normalized spacial score (nSPS) is 17.2. The van der Waals surface area contributed by atoms with Crippen LogP contribution >= 0.6 is 11.6 Å². The van der Waals surface area contributed by atoms with E-state index in [0.717, 1.165) is 36.8 Å². The molecular weight excluding hydrogens is 490 g/mol. The number of hydrogen-bond acceptors (Lipinski definition) is 5. The van der Waals surface area contributed by atoms with Crippen molar-refractivity contribution >= 4 is 40.6 Å². The van der Waals surface area contributed by atoms with Crippen LogP contribution in [0.15, 0.2) is 73.7 Å². The summed E-state index contributed by atoms with van der Waals surface area (Å²) in [4.78, 5) is 33.4. The van der Waals surface area contributed by atoms with Crippen molar-refractivity contribution in [1.82, 2.24) is 20.4 Å². The van der Waals surface area contributed by atoms with E-state index in [1.54, 1.807) is 30.5 Å². The Hall–Kier alpha value is -4.24. The maximum Gasteiger partial charge on any atom is 0.251 e. The topological polar surface area (TPSA) is 116 Å². The van der Waals surface area contributed by atoms with Crippen molar-refractivity contribution in [2.75, 3.05) is 10.6 Å². The SMILES string of the molecule is C=CC(=O)Nc1ccc(C(=O)N[C@H]2CCC[C@@H](Nc3ncc(Cl)c(-c4c[nH][n+]5ccccc45)n3)C2)cc1. The maximum atomic E-state index is 12.8. The number of rotatable bonds is 7. The van der Waals surface area contributed by atoms with Crippen LogP contribution in [-0.2, 0) is 4.79 Å². The molecule has 10 heteroatoms. The zero-order valence-corrected chi connectivity index (χ0v) is 20.8. The Morgan fingerprint density at radius 1 is 1.14 bits per heavy atom. The van der Waals surface area contributed by atoms with Gasteiger partial charge in [-0.25, -0.2) is 9.97 Å². The number of benzene rings is 1. The first-order chi connectivity index (χ1) is 18.0. The molecule has 0 bridgehead atoms. The number of carbonyl (C=O) groups is 2. The summed E-state index contributed by atoms with van der Waals surface area (Å²) >= 11 is 6.46. The lowest BCUT2D eigenvalue weighted by Gasteiger charge is -2.30. The van der Waals surface area contributed by atoms with Crippen molar-refractivity contribution in [3.05, 3.63) is 84.3 Å². The first-order valence-corrected chi connectivity index (χ1v) is 12.5. The number of anilines is 2. The molecule has 0 spiro atoms. The third-order valence-electron chi connectivity index (χ3n) is 6.43. The number of fused-ring (bicyclic) bond motifs is 1. The third-order valence-corrected chi connectivity index (χ3v) is 6.70. The molecule has 0 saturated heterocycles. The van der Waals surface area contributed by atoms with E-state index in [4.69, 9.17) is 16.6 Å². The van der Waals surface area contributed by atoms with Crippen LogP contribution in [0.1, 0.15) is 36.0 Å². The van der Waals surface area contributed by atoms with E-state index < -0.39 is 0 Å². The summed E-state index contributed by atoms with van der Waals surface area (Å²) in [6.45, 7) is 3.43. The molecule has 188 valence electrons. The number of H-pyrrole nitrogens is 1. The van der Waals surface area contributed by atoms with Gasteiger partial charge in [0.05, 0.1) is 23.0 Å². The average molecular weight is 517 g/mol. The molecule has 1 aromatic carbocycles. The molecule has 1 fully saturated rings. The first kappa shape index (κ1) is 24.5. The summed E-state index contributed by atoms with van der Waals surface area (Å²) in [5.74, 6) is 0.0630. The van der Waals surface area contributed by atoms with Gasteiger partial charge in [0.1, 0.15) is 5.69 Å².